The molecule has 0 unspecified atom stereocenters. The highest BCUT2D eigenvalue weighted by Gasteiger charge is 2.17. The lowest BCUT2D eigenvalue weighted by Gasteiger charge is -2.03. The number of hydrogen-bond donors (Lipinski definition) is 1. The van der Waals surface area contributed by atoms with Crippen molar-refractivity contribution in [2.45, 2.75) is 6.92 Å². The molecule has 0 spiro atoms. The first-order chi connectivity index (χ1) is 11.5. The number of nitrogens with zero attached hydrogens (tertiary/aromatic N) is 2. The Hall–Kier alpha value is -3.06. The predicted octanol–water partition coefficient (Wildman–Crippen LogP) is 4.28. The minimum Gasteiger partial charge on any atom is -0.321 e. The summed E-state index contributed by atoms with van der Waals surface area (Å²) in [5.74, 6) is -0.326. The fourth-order valence-corrected chi connectivity index (χ4v) is 3.16. The van der Waals surface area contributed by atoms with Crippen molar-refractivity contribution in [2.75, 3.05) is 5.32 Å². The van der Waals surface area contributed by atoms with Gasteiger partial charge in [-0.15, -0.1) is 11.3 Å². The van der Waals surface area contributed by atoms with Crippen LogP contribution in [0, 0.1) is 17.0 Å². The van der Waals surface area contributed by atoms with Crippen molar-refractivity contribution in [3.05, 3.63) is 75.3 Å². The number of aryl methyl sites for hydroxylation is 1. The van der Waals surface area contributed by atoms with Gasteiger partial charge in [0, 0.05) is 23.4 Å². The topological polar surface area (TPSA) is 85.1 Å². The average molecular weight is 339 g/mol. The Morgan fingerprint density at radius 1 is 1.17 bits per heavy atom. The van der Waals surface area contributed by atoms with Crippen LogP contribution < -0.4 is 5.32 Å². The average Bonchev–Trinajstić information content (AvgIpc) is 2.98. The van der Waals surface area contributed by atoms with E-state index in [0.717, 1.165) is 10.6 Å². The van der Waals surface area contributed by atoms with Gasteiger partial charge in [-0.25, -0.2) is 4.98 Å². The van der Waals surface area contributed by atoms with Gasteiger partial charge in [-0.1, -0.05) is 36.4 Å². The number of rotatable bonds is 4. The summed E-state index contributed by atoms with van der Waals surface area (Å²) in [5.41, 5.74) is 1.88. The molecule has 0 aliphatic heterocycles. The summed E-state index contributed by atoms with van der Waals surface area (Å²) in [6.07, 6.45) is 0. The minimum absolute atomic E-state index is 0.0706. The summed E-state index contributed by atoms with van der Waals surface area (Å²) >= 11 is 1.29. The molecular weight excluding hydrogens is 326 g/mol. The predicted molar refractivity (Wildman–Crippen MR) is 93.3 cm³/mol. The monoisotopic (exact) mass is 339 g/mol. The van der Waals surface area contributed by atoms with Gasteiger partial charge in [-0.05, 0) is 13.0 Å². The van der Waals surface area contributed by atoms with Crippen LogP contribution in [0.2, 0.25) is 0 Å². The van der Waals surface area contributed by atoms with Gasteiger partial charge in [-0.2, -0.15) is 0 Å². The molecule has 1 aromatic heterocycles. The lowest BCUT2D eigenvalue weighted by Crippen LogP contribution is -2.11. The number of benzene rings is 2. The van der Waals surface area contributed by atoms with Crippen molar-refractivity contribution in [1.82, 2.24) is 4.98 Å². The number of amides is 1. The summed E-state index contributed by atoms with van der Waals surface area (Å²) in [7, 11) is 0. The molecule has 6 nitrogen and oxygen atoms in total. The maximum absolute atomic E-state index is 12.5. The number of carbonyl (C=O) groups is 1. The third-order valence-electron chi connectivity index (χ3n) is 3.34. The van der Waals surface area contributed by atoms with E-state index in [1.165, 1.54) is 29.5 Å². The van der Waals surface area contributed by atoms with Crippen LogP contribution in [0.5, 0.6) is 0 Å². The first-order valence-corrected chi connectivity index (χ1v) is 7.95. The zero-order chi connectivity index (χ0) is 17.1. The second-order valence-electron chi connectivity index (χ2n) is 5.06. The molecule has 3 aromatic rings. The lowest BCUT2D eigenvalue weighted by atomic mass is 10.2. The number of non-ortho nitro benzene ring substituents is 1. The molecule has 0 atom stereocenters. The lowest BCUT2D eigenvalue weighted by molar-refractivity contribution is -0.384. The van der Waals surface area contributed by atoms with Crippen molar-refractivity contribution < 1.29 is 9.72 Å². The molecule has 1 heterocycles. The largest absolute Gasteiger partial charge is 0.321 e. The summed E-state index contributed by atoms with van der Waals surface area (Å²) in [6, 6.07) is 15.4. The zero-order valence-electron chi connectivity index (χ0n) is 12.7. The van der Waals surface area contributed by atoms with Gasteiger partial charge < -0.3 is 5.32 Å². The number of nitro benzene ring substituents is 1. The van der Waals surface area contributed by atoms with E-state index in [4.69, 9.17) is 0 Å². The molecule has 1 N–H and O–H groups in total. The minimum atomic E-state index is -0.499. The Morgan fingerprint density at radius 3 is 2.62 bits per heavy atom. The van der Waals surface area contributed by atoms with Crippen LogP contribution in [-0.2, 0) is 0 Å². The van der Waals surface area contributed by atoms with E-state index in [-0.39, 0.29) is 11.6 Å². The van der Waals surface area contributed by atoms with E-state index in [1.54, 1.807) is 13.0 Å². The maximum atomic E-state index is 12.5. The Kier molecular flexibility index (Phi) is 4.35. The SMILES string of the molecule is Cc1nc(-c2ccccc2)sc1C(=O)Nc1cccc([N+](=O)[O-])c1. The molecule has 2 aromatic carbocycles. The van der Waals surface area contributed by atoms with Crippen molar-refractivity contribution in [3.63, 3.8) is 0 Å². The van der Waals surface area contributed by atoms with Crippen molar-refractivity contribution >= 4 is 28.6 Å². The fraction of sp³-hybridized carbons (Fsp3) is 0.0588. The normalized spacial score (nSPS) is 10.4. The second kappa shape index (κ2) is 6.59. The van der Waals surface area contributed by atoms with Crippen molar-refractivity contribution in [3.8, 4) is 10.6 Å². The highest BCUT2D eigenvalue weighted by Crippen LogP contribution is 2.28. The standard InChI is InChI=1S/C17H13N3O3S/c1-11-15(24-17(18-11)12-6-3-2-4-7-12)16(21)19-13-8-5-9-14(10-13)20(22)23/h2-10H,1H3,(H,19,21). The van der Waals surface area contributed by atoms with Crippen LogP contribution in [0.25, 0.3) is 10.6 Å². The zero-order valence-corrected chi connectivity index (χ0v) is 13.5. The Bertz CT molecular complexity index is 906. The number of nitro groups is 1. The molecule has 0 radical (unpaired) electrons. The van der Waals surface area contributed by atoms with Crippen molar-refractivity contribution in [2.24, 2.45) is 0 Å². The summed E-state index contributed by atoms with van der Waals surface area (Å²) in [4.78, 5) is 27.7. The van der Waals surface area contributed by atoms with E-state index in [0.29, 0.717) is 16.3 Å². The van der Waals surface area contributed by atoms with E-state index in [9.17, 15) is 14.9 Å². The first kappa shape index (κ1) is 15.8. The molecule has 0 bridgehead atoms. The van der Waals surface area contributed by atoms with Crippen LogP contribution in [0.4, 0.5) is 11.4 Å². The van der Waals surface area contributed by atoms with Crippen LogP contribution in [-0.4, -0.2) is 15.8 Å². The number of anilines is 1. The maximum Gasteiger partial charge on any atom is 0.271 e. The number of thiazole rings is 1. The third-order valence-corrected chi connectivity index (χ3v) is 4.54. The van der Waals surface area contributed by atoms with Crippen LogP contribution >= 0.6 is 11.3 Å². The number of hydrogen-bond acceptors (Lipinski definition) is 5. The van der Waals surface area contributed by atoms with Gasteiger partial charge in [0.05, 0.1) is 10.6 Å². The molecule has 7 heteroatoms. The van der Waals surface area contributed by atoms with E-state index < -0.39 is 4.92 Å². The van der Waals surface area contributed by atoms with Crippen LogP contribution in [0.15, 0.2) is 54.6 Å². The van der Waals surface area contributed by atoms with Gasteiger partial charge >= 0.3 is 0 Å². The van der Waals surface area contributed by atoms with Crippen LogP contribution in [0.3, 0.4) is 0 Å². The highest BCUT2D eigenvalue weighted by molar-refractivity contribution is 7.17. The van der Waals surface area contributed by atoms with E-state index >= 15 is 0 Å². The molecule has 3 rings (SSSR count). The van der Waals surface area contributed by atoms with E-state index in [1.807, 2.05) is 30.3 Å². The fourth-order valence-electron chi connectivity index (χ4n) is 2.20. The first-order valence-electron chi connectivity index (χ1n) is 7.13. The van der Waals surface area contributed by atoms with Gasteiger partial charge in [0.1, 0.15) is 9.88 Å². The molecule has 0 saturated heterocycles. The molecule has 0 aliphatic rings. The third kappa shape index (κ3) is 3.31. The summed E-state index contributed by atoms with van der Waals surface area (Å²) < 4.78 is 0. The summed E-state index contributed by atoms with van der Waals surface area (Å²) in [6.45, 7) is 1.77. The molecular formula is C17H13N3O3S. The molecule has 0 saturated carbocycles. The molecule has 1 amide bonds. The van der Waals surface area contributed by atoms with Gasteiger partial charge in [0.15, 0.2) is 0 Å². The highest BCUT2D eigenvalue weighted by atomic mass is 32.1. The van der Waals surface area contributed by atoms with E-state index in [2.05, 4.69) is 10.3 Å². The quantitative estimate of drug-likeness (QED) is 0.568. The number of aromatic nitrogens is 1. The summed E-state index contributed by atoms with van der Waals surface area (Å²) in [5, 5.41) is 14.3. The number of carbonyl (C=O) groups excluding carboxylic acids is 1. The van der Waals surface area contributed by atoms with Crippen molar-refractivity contribution in [1.29, 1.82) is 0 Å². The van der Waals surface area contributed by atoms with Gasteiger partial charge in [0.2, 0.25) is 0 Å². The molecule has 120 valence electrons. The molecule has 24 heavy (non-hydrogen) atoms. The smallest absolute Gasteiger partial charge is 0.271 e. The van der Waals surface area contributed by atoms with Gasteiger partial charge in [-0.3, -0.25) is 14.9 Å². The Labute approximate surface area is 141 Å². The second-order valence-corrected chi connectivity index (χ2v) is 6.06. The van der Waals surface area contributed by atoms with Gasteiger partial charge in [0.25, 0.3) is 11.6 Å². The molecule has 0 aliphatic carbocycles. The molecule has 0 fully saturated rings. The Morgan fingerprint density at radius 2 is 1.92 bits per heavy atom. The van der Waals surface area contributed by atoms with Crippen LogP contribution in [0.1, 0.15) is 15.4 Å². The number of nitrogens with one attached hydrogen (secondary N) is 1. The Balaban J connectivity index is 1.84.